The zero-order valence-corrected chi connectivity index (χ0v) is 9.02. The Balaban J connectivity index is 1.98. The molecule has 1 saturated heterocycles. The van der Waals surface area contributed by atoms with Crippen LogP contribution in [-0.2, 0) is 4.74 Å². The summed E-state index contributed by atoms with van der Waals surface area (Å²) in [4.78, 5) is 2.48. The summed E-state index contributed by atoms with van der Waals surface area (Å²) in [5.74, 6) is 2.59. The lowest BCUT2D eigenvalue weighted by atomic mass is 10.4. The molecule has 1 fully saturated rings. The molecule has 0 aromatic carbocycles. The largest absolute Gasteiger partial charge is 0.379 e. The van der Waals surface area contributed by atoms with Crippen molar-refractivity contribution in [3.05, 3.63) is 0 Å². The fourth-order valence-corrected chi connectivity index (χ4v) is 2.33. The summed E-state index contributed by atoms with van der Waals surface area (Å²) in [6.45, 7) is 5.69. The van der Waals surface area contributed by atoms with Crippen molar-refractivity contribution in [1.82, 2.24) is 4.90 Å². The third-order valence-electron chi connectivity index (χ3n) is 2.13. The summed E-state index contributed by atoms with van der Waals surface area (Å²) >= 11 is 2.06. The Kier molecular flexibility index (Phi) is 6.62. The first-order chi connectivity index (χ1) is 6.43. The van der Waals surface area contributed by atoms with Gasteiger partial charge in [0.25, 0.3) is 0 Å². The summed E-state index contributed by atoms with van der Waals surface area (Å²) in [5.41, 5.74) is 5.33. The summed E-state index contributed by atoms with van der Waals surface area (Å²) in [6, 6.07) is 0. The molecule has 0 aromatic rings. The van der Waals surface area contributed by atoms with Gasteiger partial charge in [0, 0.05) is 25.4 Å². The molecule has 0 spiro atoms. The smallest absolute Gasteiger partial charge is 0.0594 e. The molecule has 0 amide bonds. The predicted molar refractivity (Wildman–Crippen MR) is 58.3 cm³/mol. The van der Waals surface area contributed by atoms with E-state index in [1.54, 1.807) is 0 Å². The van der Waals surface area contributed by atoms with E-state index in [-0.39, 0.29) is 0 Å². The summed E-state index contributed by atoms with van der Waals surface area (Å²) in [7, 11) is 0. The molecule has 1 heterocycles. The van der Waals surface area contributed by atoms with Crippen molar-refractivity contribution in [1.29, 1.82) is 0 Å². The van der Waals surface area contributed by atoms with E-state index in [2.05, 4.69) is 16.7 Å². The van der Waals surface area contributed by atoms with Gasteiger partial charge in [-0.25, -0.2) is 0 Å². The van der Waals surface area contributed by atoms with Gasteiger partial charge in [0.05, 0.1) is 13.2 Å². The van der Waals surface area contributed by atoms with Gasteiger partial charge in [0.15, 0.2) is 0 Å². The number of nitrogens with zero attached hydrogens (tertiary/aromatic N) is 1. The van der Waals surface area contributed by atoms with Crippen LogP contribution in [0, 0.1) is 0 Å². The highest BCUT2D eigenvalue weighted by Crippen LogP contribution is 2.09. The first-order valence-electron chi connectivity index (χ1n) is 5.01. The number of ether oxygens (including phenoxy) is 1. The first kappa shape index (κ1) is 11.3. The molecule has 0 bridgehead atoms. The maximum Gasteiger partial charge on any atom is 0.0594 e. The Labute approximate surface area is 85.0 Å². The Bertz CT molecular complexity index is 116. The van der Waals surface area contributed by atoms with Gasteiger partial charge >= 0.3 is 0 Å². The van der Waals surface area contributed by atoms with Crippen LogP contribution in [-0.4, -0.2) is 55.8 Å². The maximum absolute atomic E-state index is 5.35. The lowest BCUT2D eigenvalue weighted by molar-refractivity contribution is 0.112. The number of hydrogen-bond acceptors (Lipinski definition) is 4. The van der Waals surface area contributed by atoms with Gasteiger partial charge in [-0.2, -0.15) is 11.8 Å². The van der Waals surface area contributed by atoms with Crippen LogP contribution in [0.25, 0.3) is 0 Å². The van der Waals surface area contributed by atoms with Crippen LogP contribution in [0.5, 0.6) is 0 Å². The van der Waals surface area contributed by atoms with Crippen molar-refractivity contribution in [3.63, 3.8) is 0 Å². The molecular formula is C9H20N2OS. The van der Waals surface area contributed by atoms with Crippen LogP contribution in [0.3, 0.4) is 0 Å². The number of hydrogen-bond donors (Lipinski definition) is 1. The van der Waals surface area contributed by atoms with E-state index < -0.39 is 0 Å². The Morgan fingerprint density at radius 2 is 2.15 bits per heavy atom. The van der Waals surface area contributed by atoms with Gasteiger partial charge in [-0.05, 0) is 18.7 Å². The molecule has 0 atom stereocenters. The minimum atomic E-state index is 0.635. The second kappa shape index (κ2) is 7.62. The van der Waals surface area contributed by atoms with E-state index in [9.17, 15) is 0 Å². The molecule has 0 aliphatic carbocycles. The lowest BCUT2D eigenvalue weighted by Gasteiger charge is -2.18. The minimum absolute atomic E-state index is 0.635. The molecule has 2 N–H and O–H groups in total. The zero-order chi connectivity index (χ0) is 9.36. The highest BCUT2D eigenvalue weighted by atomic mass is 32.2. The van der Waals surface area contributed by atoms with Crippen molar-refractivity contribution in [3.8, 4) is 0 Å². The van der Waals surface area contributed by atoms with Gasteiger partial charge in [-0.1, -0.05) is 0 Å². The van der Waals surface area contributed by atoms with Crippen LogP contribution in [0.15, 0.2) is 0 Å². The second-order valence-corrected chi connectivity index (χ2v) is 4.43. The molecule has 0 saturated carbocycles. The van der Waals surface area contributed by atoms with Crippen LogP contribution < -0.4 is 5.73 Å². The average Bonchev–Trinajstić information content (AvgIpc) is 2.41. The SMILES string of the molecule is NCCOCCN1CCCSCC1. The number of nitrogens with two attached hydrogens (primary N) is 1. The minimum Gasteiger partial charge on any atom is -0.379 e. The van der Waals surface area contributed by atoms with Gasteiger partial charge in [-0.15, -0.1) is 0 Å². The molecule has 13 heavy (non-hydrogen) atoms. The monoisotopic (exact) mass is 204 g/mol. The van der Waals surface area contributed by atoms with E-state index in [0.717, 1.165) is 13.2 Å². The van der Waals surface area contributed by atoms with E-state index in [0.29, 0.717) is 13.2 Å². The molecule has 4 heteroatoms. The summed E-state index contributed by atoms with van der Waals surface area (Å²) in [5, 5.41) is 0. The quantitative estimate of drug-likeness (QED) is 0.658. The van der Waals surface area contributed by atoms with E-state index >= 15 is 0 Å². The summed E-state index contributed by atoms with van der Waals surface area (Å²) in [6.07, 6.45) is 1.32. The predicted octanol–water partition coefficient (Wildman–Crippen LogP) is 0.401. The van der Waals surface area contributed by atoms with Crippen molar-refractivity contribution >= 4 is 11.8 Å². The van der Waals surface area contributed by atoms with Crippen molar-refractivity contribution in [2.75, 3.05) is 50.9 Å². The molecule has 1 aliphatic rings. The standard InChI is InChI=1S/C9H20N2OS/c10-2-6-12-7-4-11-3-1-8-13-9-5-11/h1-10H2. The van der Waals surface area contributed by atoms with E-state index in [4.69, 9.17) is 10.5 Å². The first-order valence-corrected chi connectivity index (χ1v) is 6.17. The topological polar surface area (TPSA) is 38.5 Å². The second-order valence-electron chi connectivity index (χ2n) is 3.21. The maximum atomic E-state index is 5.35. The van der Waals surface area contributed by atoms with Crippen LogP contribution >= 0.6 is 11.8 Å². The van der Waals surface area contributed by atoms with Gasteiger partial charge in [-0.3, -0.25) is 0 Å². The van der Waals surface area contributed by atoms with Crippen LogP contribution in [0.4, 0.5) is 0 Å². The Morgan fingerprint density at radius 1 is 1.23 bits per heavy atom. The Hall–Kier alpha value is 0.230. The summed E-state index contributed by atoms with van der Waals surface area (Å²) < 4.78 is 5.35. The molecule has 78 valence electrons. The Morgan fingerprint density at radius 3 is 3.00 bits per heavy atom. The fraction of sp³-hybridized carbons (Fsp3) is 1.00. The highest BCUT2D eigenvalue weighted by molar-refractivity contribution is 7.99. The molecule has 0 aromatic heterocycles. The fourth-order valence-electron chi connectivity index (χ4n) is 1.40. The third-order valence-corrected chi connectivity index (χ3v) is 3.18. The normalized spacial score (nSPS) is 20.1. The molecule has 3 nitrogen and oxygen atoms in total. The van der Waals surface area contributed by atoms with Gasteiger partial charge in [0.1, 0.15) is 0 Å². The third kappa shape index (κ3) is 5.52. The lowest BCUT2D eigenvalue weighted by Crippen LogP contribution is -2.30. The molecule has 0 radical (unpaired) electrons. The van der Waals surface area contributed by atoms with Gasteiger partial charge < -0.3 is 15.4 Å². The molecular weight excluding hydrogens is 184 g/mol. The van der Waals surface area contributed by atoms with Crippen LogP contribution in [0.1, 0.15) is 6.42 Å². The zero-order valence-electron chi connectivity index (χ0n) is 8.21. The van der Waals surface area contributed by atoms with E-state index in [1.807, 2.05) is 0 Å². The number of thioether (sulfide) groups is 1. The van der Waals surface area contributed by atoms with Gasteiger partial charge in [0.2, 0.25) is 0 Å². The van der Waals surface area contributed by atoms with Crippen molar-refractivity contribution in [2.24, 2.45) is 5.73 Å². The van der Waals surface area contributed by atoms with Crippen molar-refractivity contribution < 1.29 is 4.74 Å². The highest BCUT2D eigenvalue weighted by Gasteiger charge is 2.07. The average molecular weight is 204 g/mol. The molecule has 1 aliphatic heterocycles. The van der Waals surface area contributed by atoms with E-state index in [1.165, 1.54) is 31.0 Å². The molecule has 1 rings (SSSR count). The van der Waals surface area contributed by atoms with Crippen molar-refractivity contribution in [2.45, 2.75) is 6.42 Å². The molecule has 0 unspecified atom stereocenters. The van der Waals surface area contributed by atoms with Crippen LogP contribution in [0.2, 0.25) is 0 Å². The number of rotatable bonds is 5.